The lowest BCUT2D eigenvalue weighted by atomic mass is 10.8. The molecule has 0 radical (unpaired) electrons. The van der Waals surface area contributed by atoms with E-state index in [2.05, 4.69) is 15.8 Å². The molecule has 0 saturated heterocycles. The smallest absolute Gasteiger partial charge is 0.193 e. The largest absolute Gasteiger partial charge is 0.484 e. The van der Waals surface area contributed by atoms with Crippen molar-refractivity contribution >= 4 is 5.90 Å². The van der Waals surface area contributed by atoms with Crippen LogP contribution in [0.3, 0.4) is 0 Å². The van der Waals surface area contributed by atoms with Gasteiger partial charge >= 0.3 is 0 Å². The fourth-order valence-electron chi connectivity index (χ4n) is 0.137. The molecule has 0 heterocycles. The summed E-state index contributed by atoms with van der Waals surface area (Å²) >= 11 is 0. The molecule has 0 N–H and O–H groups in total. The van der Waals surface area contributed by atoms with Gasteiger partial charge in [0.2, 0.25) is 0 Å². The molecule has 0 atom stereocenters. The van der Waals surface area contributed by atoms with Gasteiger partial charge in [0.1, 0.15) is 0 Å². The molecule has 0 unspecified atom stereocenters. The van der Waals surface area contributed by atoms with Gasteiger partial charge < -0.3 is 4.74 Å². The standard InChI is InChI=1S/C5H7NO/c1-4-6-5(2)7-3/h1H,2-3H3. The summed E-state index contributed by atoms with van der Waals surface area (Å²) < 4.78 is 4.60. The number of rotatable bonds is 0. The molecule has 38 valence electrons. The first-order chi connectivity index (χ1) is 3.31. The van der Waals surface area contributed by atoms with Crippen LogP contribution in [0.4, 0.5) is 0 Å². The van der Waals surface area contributed by atoms with Gasteiger partial charge in [0.25, 0.3) is 0 Å². The number of aliphatic imine (C=N–C) groups is 1. The second-order valence-corrected chi connectivity index (χ2v) is 0.964. The molecule has 0 aromatic heterocycles. The van der Waals surface area contributed by atoms with Crippen molar-refractivity contribution in [2.24, 2.45) is 4.99 Å². The van der Waals surface area contributed by atoms with Gasteiger partial charge in [0.15, 0.2) is 5.90 Å². The van der Waals surface area contributed by atoms with Gasteiger partial charge in [-0.25, -0.2) is 0 Å². The maximum Gasteiger partial charge on any atom is 0.193 e. The molecule has 0 aliphatic carbocycles. The molecular formula is C5H7NO. The van der Waals surface area contributed by atoms with E-state index in [1.165, 1.54) is 7.11 Å². The lowest BCUT2D eigenvalue weighted by Crippen LogP contribution is -1.90. The summed E-state index contributed by atoms with van der Waals surface area (Å²) in [6.45, 7) is 1.69. The van der Waals surface area contributed by atoms with E-state index >= 15 is 0 Å². The van der Waals surface area contributed by atoms with Crippen molar-refractivity contribution in [3.8, 4) is 12.5 Å². The van der Waals surface area contributed by atoms with Crippen molar-refractivity contribution in [2.75, 3.05) is 7.11 Å². The van der Waals surface area contributed by atoms with E-state index in [1.807, 2.05) is 0 Å². The van der Waals surface area contributed by atoms with Crippen molar-refractivity contribution in [1.82, 2.24) is 0 Å². The normalized spacial score (nSPS) is 10.1. The monoisotopic (exact) mass is 97.1 g/mol. The Morgan fingerprint density at radius 2 is 2.43 bits per heavy atom. The SMILES string of the molecule is C#CN=C(C)OC. The van der Waals surface area contributed by atoms with Crippen LogP contribution in [0, 0.1) is 12.5 Å². The van der Waals surface area contributed by atoms with E-state index in [0.717, 1.165) is 0 Å². The fourth-order valence-corrected chi connectivity index (χ4v) is 0.137. The molecule has 0 rings (SSSR count). The predicted molar refractivity (Wildman–Crippen MR) is 29.0 cm³/mol. The Balaban J connectivity index is 3.56. The zero-order valence-corrected chi connectivity index (χ0v) is 4.43. The Morgan fingerprint density at radius 3 is 2.57 bits per heavy atom. The van der Waals surface area contributed by atoms with Gasteiger partial charge in [-0.15, -0.1) is 0 Å². The van der Waals surface area contributed by atoms with Crippen LogP contribution in [0.15, 0.2) is 4.99 Å². The Bertz CT molecular complexity index is 110. The third kappa shape index (κ3) is 2.84. The molecule has 0 amide bonds. The number of ether oxygens (including phenoxy) is 1. The highest BCUT2D eigenvalue weighted by atomic mass is 16.5. The van der Waals surface area contributed by atoms with E-state index in [0.29, 0.717) is 5.90 Å². The summed E-state index contributed by atoms with van der Waals surface area (Å²) in [6.07, 6.45) is 4.79. The van der Waals surface area contributed by atoms with Crippen molar-refractivity contribution in [3.05, 3.63) is 0 Å². The molecule has 0 fully saturated rings. The molecule has 0 saturated carbocycles. The Hall–Kier alpha value is -0.970. The highest BCUT2D eigenvalue weighted by molar-refractivity contribution is 5.73. The van der Waals surface area contributed by atoms with Gasteiger partial charge in [-0.2, -0.15) is 4.99 Å². The van der Waals surface area contributed by atoms with E-state index in [4.69, 9.17) is 6.42 Å². The second-order valence-electron chi connectivity index (χ2n) is 0.964. The third-order valence-electron chi connectivity index (χ3n) is 0.517. The summed E-state index contributed by atoms with van der Waals surface area (Å²) in [5, 5.41) is 0. The van der Waals surface area contributed by atoms with Crippen LogP contribution in [-0.4, -0.2) is 13.0 Å². The van der Waals surface area contributed by atoms with Crippen LogP contribution in [0.2, 0.25) is 0 Å². The maximum atomic E-state index is 4.79. The minimum Gasteiger partial charge on any atom is -0.484 e. The number of hydrogen-bond acceptors (Lipinski definition) is 2. The molecule has 0 spiro atoms. The van der Waals surface area contributed by atoms with Crippen LogP contribution >= 0.6 is 0 Å². The van der Waals surface area contributed by atoms with Crippen molar-refractivity contribution in [3.63, 3.8) is 0 Å². The molecule has 0 aromatic rings. The molecule has 2 heteroatoms. The summed E-state index contributed by atoms with van der Waals surface area (Å²) in [5.41, 5.74) is 0. The van der Waals surface area contributed by atoms with E-state index in [1.54, 1.807) is 6.92 Å². The third-order valence-corrected chi connectivity index (χ3v) is 0.517. The lowest BCUT2D eigenvalue weighted by Gasteiger charge is -1.89. The molecule has 0 aromatic carbocycles. The topological polar surface area (TPSA) is 21.6 Å². The fraction of sp³-hybridized carbons (Fsp3) is 0.400. The summed E-state index contributed by atoms with van der Waals surface area (Å²) in [6, 6.07) is 2.08. The summed E-state index contributed by atoms with van der Waals surface area (Å²) in [7, 11) is 1.52. The second kappa shape index (κ2) is 3.23. The number of hydrogen-bond donors (Lipinski definition) is 0. The van der Waals surface area contributed by atoms with Crippen molar-refractivity contribution in [1.29, 1.82) is 0 Å². The van der Waals surface area contributed by atoms with E-state index in [-0.39, 0.29) is 0 Å². The average molecular weight is 97.1 g/mol. The zero-order chi connectivity index (χ0) is 5.70. The Kier molecular flexibility index (Phi) is 2.78. The first-order valence-corrected chi connectivity index (χ1v) is 1.85. The first kappa shape index (κ1) is 6.03. The Labute approximate surface area is 43.2 Å². The molecule has 0 aliphatic heterocycles. The average Bonchev–Trinajstić information content (AvgIpc) is 1.68. The molecule has 2 nitrogen and oxygen atoms in total. The van der Waals surface area contributed by atoms with Gasteiger partial charge in [-0.1, -0.05) is 6.42 Å². The highest BCUT2D eigenvalue weighted by Crippen LogP contribution is 1.72. The predicted octanol–water partition coefficient (Wildman–Crippen LogP) is 0.642. The lowest BCUT2D eigenvalue weighted by molar-refractivity contribution is 0.400. The van der Waals surface area contributed by atoms with Crippen molar-refractivity contribution < 1.29 is 4.74 Å². The molecule has 0 aliphatic rings. The van der Waals surface area contributed by atoms with Gasteiger partial charge in [0, 0.05) is 13.0 Å². The number of nitrogens with zero attached hydrogens (tertiary/aromatic N) is 1. The van der Waals surface area contributed by atoms with Crippen LogP contribution in [-0.2, 0) is 4.74 Å². The molecule has 7 heavy (non-hydrogen) atoms. The number of terminal acetylenes is 1. The molecule has 0 bridgehead atoms. The minimum absolute atomic E-state index is 0.516. The van der Waals surface area contributed by atoms with Gasteiger partial charge in [0.05, 0.1) is 7.11 Å². The Morgan fingerprint density at radius 1 is 1.86 bits per heavy atom. The highest BCUT2D eigenvalue weighted by Gasteiger charge is 1.76. The first-order valence-electron chi connectivity index (χ1n) is 1.85. The van der Waals surface area contributed by atoms with Gasteiger partial charge in [-0.3, -0.25) is 0 Å². The van der Waals surface area contributed by atoms with Crippen molar-refractivity contribution in [2.45, 2.75) is 6.92 Å². The molecular weight excluding hydrogens is 90.1 g/mol. The van der Waals surface area contributed by atoms with E-state index < -0.39 is 0 Å². The quantitative estimate of drug-likeness (QED) is 0.247. The van der Waals surface area contributed by atoms with Crippen LogP contribution < -0.4 is 0 Å². The summed E-state index contributed by atoms with van der Waals surface area (Å²) in [5.74, 6) is 0.516. The minimum atomic E-state index is 0.516. The van der Waals surface area contributed by atoms with Crippen LogP contribution in [0.1, 0.15) is 6.92 Å². The summed E-state index contributed by atoms with van der Waals surface area (Å²) in [4.78, 5) is 3.47. The van der Waals surface area contributed by atoms with E-state index in [9.17, 15) is 0 Å². The number of methoxy groups -OCH3 is 1. The van der Waals surface area contributed by atoms with Gasteiger partial charge in [-0.05, 0) is 0 Å². The van der Waals surface area contributed by atoms with Crippen LogP contribution in [0.5, 0.6) is 0 Å². The van der Waals surface area contributed by atoms with Crippen LogP contribution in [0.25, 0.3) is 0 Å². The maximum absolute atomic E-state index is 4.79. The zero-order valence-electron chi connectivity index (χ0n) is 4.43.